The number of para-hydroxylation sites is 3. The van der Waals surface area contributed by atoms with Gasteiger partial charge in [0.25, 0.3) is 0 Å². The number of hydrogen-bond acceptors (Lipinski definition) is 2. The van der Waals surface area contributed by atoms with Crippen LogP contribution in [-0.2, 0) is 21.7 Å². The van der Waals surface area contributed by atoms with E-state index in [1.165, 1.54) is 89.0 Å². The van der Waals surface area contributed by atoms with Crippen LogP contribution in [0.25, 0.3) is 77.6 Å². The van der Waals surface area contributed by atoms with Gasteiger partial charge in [-0.05, 0) is 142 Å². The maximum Gasteiger partial charge on any atom is 0.136 e. The van der Waals surface area contributed by atoms with E-state index in [-0.39, 0.29) is 16.2 Å². The highest BCUT2D eigenvalue weighted by molar-refractivity contribution is 6.07. The Kier molecular flexibility index (Phi) is 9.41. The molecule has 11 aromatic rings. The SMILES string of the molecule is CC(C)(C)c1ccc2c(c1)C1(c3ccccc3-c3cc(N(c4ccccc4-c4ccc5c(c4)oc4ccccc45)c4ccccc4-c4cccc5c4-c4ccccc4C5(C)C)ccc31)c1cc(C(C)(C)C)ccc1-2. The maximum atomic E-state index is 6.57. The van der Waals surface area contributed by atoms with Gasteiger partial charge in [-0.1, -0.05) is 225 Å². The number of rotatable bonds is 5. The summed E-state index contributed by atoms with van der Waals surface area (Å²) < 4.78 is 6.57. The molecular weight excluding hydrogens is 895 g/mol. The van der Waals surface area contributed by atoms with Gasteiger partial charge in [-0.25, -0.2) is 0 Å². The van der Waals surface area contributed by atoms with Crippen molar-refractivity contribution in [1.82, 2.24) is 0 Å². The van der Waals surface area contributed by atoms with Gasteiger partial charge < -0.3 is 9.32 Å². The maximum absolute atomic E-state index is 6.57. The van der Waals surface area contributed by atoms with E-state index in [4.69, 9.17) is 4.42 Å². The molecule has 0 fully saturated rings. The Bertz CT molecular complexity index is 4080. The van der Waals surface area contributed by atoms with Crippen LogP contribution in [0.4, 0.5) is 17.1 Å². The molecule has 0 amide bonds. The van der Waals surface area contributed by atoms with Crippen LogP contribution in [0.2, 0.25) is 0 Å². The Morgan fingerprint density at radius 3 is 1.58 bits per heavy atom. The Morgan fingerprint density at radius 2 is 0.878 bits per heavy atom. The second kappa shape index (κ2) is 15.7. The van der Waals surface area contributed by atoms with E-state index < -0.39 is 5.41 Å². The van der Waals surface area contributed by atoms with E-state index in [1.54, 1.807) is 0 Å². The lowest BCUT2D eigenvalue weighted by atomic mass is 9.69. The van der Waals surface area contributed by atoms with Crippen molar-refractivity contribution in [2.24, 2.45) is 0 Å². The third kappa shape index (κ3) is 6.24. The summed E-state index contributed by atoms with van der Waals surface area (Å²) in [5, 5.41) is 2.25. The minimum absolute atomic E-state index is 0.0285. The fourth-order valence-electron chi connectivity index (χ4n) is 13.3. The minimum atomic E-state index is -0.509. The molecule has 0 saturated heterocycles. The predicted molar refractivity (Wildman–Crippen MR) is 311 cm³/mol. The zero-order chi connectivity index (χ0) is 50.5. The van der Waals surface area contributed by atoms with E-state index in [9.17, 15) is 0 Å². The first-order valence-corrected chi connectivity index (χ1v) is 26.4. The summed E-state index contributed by atoms with van der Waals surface area (Å²) >= 11 is 0. The molecule has 10 aromatic carbocycles. The first kappa shape index (κ1) is 44.5. The molecule has 0 atom stereocenters. The van der Waals surface area contributed by atoms with Gasteiger partial charge in [0, 0.05) is 33.0 Å². The van der Waals surface area contributed by atoms with Crippen molar-refractivity contribution < 1.29 is 4.42 Å². The number of benzene rings is 10. The average molecular weight is 954 g/mol. The molecule has 0 bridgehead atoms. The second-order valence-electron chi connectivity index (χ2n) is 23.6. The molecule has 14 rings (SSSR count). The van der Waals surface area contributed by atoms with Crippen molar-refractivity contribution in [2.75, 3.05) is 4.90 Å². The van der Waals surface area contributed by atoms with Gasteiger partial charge in [0.2, 0.25) is 0 Å². The molecule has 3 aliphatic rings. The van der Waals surface area contributed by atoms with Crippen molar-refractivity contribution in [3.05, 3.63) is 257 Å². The Hall–Kier alpha value is -8.20. The van der Waals surface area contributed by atoms with Gasteiger partial charge in [-0.2, -0.15) is 0 Å². The van der Waals surface area contributed by atoms with Gasteiger partial charge >= 0.3 is 0 Å². The first-order valence-electron chi connectivity index (χ1n) is 26.4. The summed E-state index contributed by atoms with van der Waals surface area (Å²) in [5.74, 6) is 0. The molecule has 0 unspecified atom stereocenters. The molecule has 358 valence electrons. The van der Waals surface area contributed by atoms with Gasteiger partial charge in [0.1, 0.15) is 11.2 Å². The van der Waals surface area contributed by atoms with Crippen LogP contribution in [0.1, 0.15) is 99.9 Å². The van der Waals surface area contributed by atoms with Gasteiger partial charge in [0.15, 0.2) is 0 Å². The molecular formula is C72H59NO. The fourth-order valence-corrected chi connectivity index (χ4v) is 13.3. The summed E-state index contributed by atoms with van der Waals surface area (Å²) in [4.78, 5) is 2.54. The largest absolute Gasteiger partial charge is 0.456 e. The Morgan fingerprint density at radius 1 is 0.351 bits per heavy atom. The molecule has 3 aliphatic carbocycles. The minimum Gasteiger partial charge on any atom is -0.456 e. The van der Waals surface area contributed by atoms with Crippen LogP contribution < -0.4 is 4.90 Å². The topological polar surface area (TPSA) is 16.4 Å². The number of nitrogens with zero attached hydrogens (tertiary/aromatic N) is 1. The molecule has 1 heterocycles. The van der Waals surface area contributed by atoms with Crippen LogP contribution in [0, 0.1) is 0 Å². The van der Waals surface area contributed by atoms with E-state index in [0.717, 1.165) is 50.1 Å². The third-order valence-electron chi connectivity index (χ3n) is 17.0. The van der Waals surface area contributed by atoms with Crippen LogP contribution in [0.15, 0.2) is 217 Å². The Balaban J connectivity index is 1.04. The molecule has 2 nitrogen and oxygen atoms in total. The number of furan rings is 1. The van der Waals surface area contributed by atoms with Gasteiger partial charge in [-0.3, -0.25) is 0 Å². The molecule has 1 spiro atoms. The van der Waals surface area contributed by atoms with Crippen molar-refractivity contribution >= 4 is 39.0 Å². The normalized spacial score (nSPS) is 14.4. The molecule has 2 heteroatoms. The highest BCUT2D eigenvalue weighted by Gasteiger charge is 2.52. The van der Waals surface area contributed by atoms with Gasteiger partial charge in [0.05, 0.1) is 16.8 Å². The smallest absolute Gasteiger partial charge is 0.136 e. The molecule has 74 heavy (non-hydrogen) atoms. The molecule has 1 aromatic heterocycles. The van der Waals surface area contributed by atoms with Crippen molar-refractivity contribution in [3.63, 3.8) is 0 Å². The second-order valence-corrected chi connectivity index (χ2v) is 23.6. The first-order chi connectivity index (χ1) is 35.7. The highest BCUT2D eigenvalue weighted by Crippen LogP contribution is 2.64. The van der Waals surface area contributed by atoms with E-state index >= 15 is 0 Å². The highest BCUT2D eigenvalue weighted by atomic mass is 16.3. The summed E-state index contributed by atoms with van der Waals surface area (Å²) in [6, 6.07) is 80.3. The molecule has 0 saturated carbocycles. The van der Waals surface area contributed by atoms with Crippen LogP contribution in [0.5, 0.6) is 0 Å². The molecule has 0 aliphatic heterocycles. The van der Waals surface area contributed by atoms with Crippen molar-refractivity contribution in [1.29, 1.82) is 0 Å². The van der Waals surface area contributed by atoms with Crippen LogP contribution >= 0.6 is 0 Å². The van der Waals surface area contributed by atoms with Crippen molar-refractivity contribution in [3.8, 4) is 55.6 Å². The molecule has 0 N–H and O–H groups in total. The predicted octanol–water partition coefficient (Wildman–Crippen LogP) is 19.6. The Labute approximate surface area is 435 Å². The summed E-state index contributed by atoms with van der Waals surface area (Å²) in [7, 11) is 0. The lowest BCUT2D eigenvalue weighted by Crippen LogP contribution is -2.27. The summed E-state index contributed by atoms with van der Waals surface area (Å²) in [6.45, 7) is 18.8. The lowest BCUT2D eigenvalue weighted by Gasteiger charge is -2.33. The standard InChI is InChI=1S/C72H59NO/c1-69(2,3)45-33-37-50-51-38-34-46(70(4,5)6)42-63(51)72(62(50)41-45)59-27-15-9-21-49(59)57-43-47(35-39-60(57)72)73(64-29-16-11-20-48(64)44-32-36-54-53-23-13-18-31-66(53)74-67(54)40-44)65-30-17-12-22-52(65)55-25-19-28-61-68(55)56-24-10-14-26-58(56)71(61,7)8/h9-43H,1-8H3. The fraction of sp³-hybridized carbons (Fsp3) is 0.167. The monoisotopic (exact) mass is 953 g/mol. The third-order valence-corrected chi connectivity index (χ3v) is 17.0. The number of fused-ring (bicyclic) bond motifs is 16. The summed E-state index contributed by atoms with van der Waals surface area (Å²) in [6.07, 6.45) is 0. The van der Waals surface area contributed by atoms with E-state index in [0.29, 0.717) is 0 Å². The van der Waals surface area contributed by atoms with Gasteiger partial charge in [-0.15, -0.1) is 0 Å². The number of hydrogen-bond donors (Lipinski definition) is 0. The number of anilines is 3. The summed E-state index contributed by atoms with van der Waals surface area (Å²) in [5.41, 5.74) is 27.7. The van der Waals surface area contributed by atoms with Crippen LogP contribution in [-0.4, -0.2) is 0 Å². The quantitative estimate of drug-likeness (QED) is 0.171. The zero-order valence-electron chi connectivity index (χ0n) is 43.6. The average Bonchev–Trinajstić information content (AvgIpc) is 4.13. The zero-order valence-corrected chi connectivity index (χ0v) is 43.6. The van der Waals surface area contributed by atoms with E-state index in [1.807, 2.05) is 6.07 Å². The van der Waals surface area contributed by atoms with E-state index in [2.05, 4.69) is 267 Å². The molecule has 0 radical (unpaired) electrons. The lowest BCUT2D eigenvalue weighted by molar-refractivity contribution is 0.586. The van der Waals surface area contributed by atoms with Crippen molar-refractivity contribution in [2.45, 2.75) is 77.0 Å². The van der Waals surface area contributed by atoms with Crippen LogP contribution in [0.3, 0.4) is 0 Å².